The highest BCUT2D eigenvalue weighted by molar-refractivity contribution is 7.10. The molecule has 4 heteroatoms. The normalized spacial score (nSPS) is 20.2. The fraction of sp³-hybridized carbons (Fsp3) is 0.522. The van der Waals surface area contributed by atoms with E-state index in [4.69, 9.17) is 4.74 Å². The summed E-state index contributed by atoms with van der Waals surface area (Å²) in [6, 6.07) is 4.24. The van der Waals surface area contributed by atoms with Crippen LogP contribution in [0, 0.1) is 11.8 Å². The Labute approximate surface area is 167 Å². The third kappa shape index (κ3) is 6.69. The average molecular weight is 386 g/mol. The van der Waals surface area contributed by atoms with E-state index in [9.17, 15) is 4.79 Å². The van der Waals surface area contributed by atoms with Gasteiger partial charge in [0.2, 0.25) is 0 Å². The first-order valence-corrected chi connectivity index (χ1v) is 11.1. The molecule has 1 heterocycles. The summed E-state index contributed by atoms with van der Waals surface area (Å²) in [7, 11) is 0. The summed E-state index contributed by atoms with van der Waals surface area (Å²) in [6.07, 6.45) is 19.2. The first-order chi connectivity index (χ1) is 13.2. The van der Waals surface area contributed by atoms with E-state index in [2.05, 4.69) is 52.8 Å². The van der Waals surface area contributed by atoms with E-state index in [1.165, 1.54) is 49.6 Å². The molecule has 0 aliphatic heterocycles. The van der Waals surface area contributed by atoms with Gasteiger partial charge in [-0.25, -0.2) is 0 Å². The number of allylic oxidation sites excluding steroid dienone is 4. The zero-order valence-corrected chi connectivity index (χ0v) is 17.1. The third-order valence-corrected chi connectivity index (χ3v) is 6.32. The second-order valence-corrected chi connectivity index (χ2v) is 8.51. The average Bonchev–Trinajstić information content (AvgIpc) is 3.37. The van der Waals surface area contributed by atoms with Gasteiger partial charge in [-0.2, -0.15) is 0 Å². The van der Waals surface area contributed by atoms with Crippen LogP contribution in [-0.4, -0.2) is 30.6 Å². The third-order valence-electron chi connectivity index (χ3n) is 5.48. The predicted octanol–water partition coefficient (Wildman–Crippen LogP) is 5.67. The van der Waals surface area contributed by atoms with Gasteiger partial charge in [-0.15, -0.1) is 11.3 Å². The molecule has 1 unspecified atom stereocenters. The number of carbonyl (C=O) groups is 1. The molecule has 0 radical (unpaired) electrons. The Bertz CT molecular complexity index is 669. The van der Waals surface area contributed by atoms with E-state index in [1.54, 1.807) is 11.3 Å². The SMILES string of the molecule is CC(=O)OCCN(CCC1CCCC1)C1=CCC(/C=C/c2cccs2)C=C1. The standard InChI is InChI=1S/C23H31NO2S/c1-19(25)26-17-16-24(15-14-20-5-2-3-6-20)22-11-8-21(9-12-22)10-13-23-7-4-18-27-23/h4,7-8,10-13,18,20-21H,2-3,5-6,9,14-17H2,1H3/b13-10+. The Morgan fingerprint density at radius 1 is 1.33 bits per heavy atom. The molecule has 2 aliphatic carbocycles. The quantitative estimate of drug-likeness (QED) is 0.513. The van der Waals surface area contributed by atoms with Crippen molar-refractivity contribution in [2.45, 2.75) is 45.4 Å². The molecule has 1 aromatic heterocycles. The van der Waals surface area contributed by atoms with Gasteiger partial charge in [0.15, 0.2) is 0 Å². The van der Waals surface area contributed by atoms with Crippen LogP contribution in [-0.2, 0) is 9.53 Å². The maximum atomic E-state index is 11.1. The van der Waals surface area contributed by atoms with Crippen LogP contribution in [0.3, 0.4) is 0 Å². The van der Waals surface area contributed by atoms with E-state index in [1.807, 2.05) is 0 Å². The lowest BCUT2D eigenvalue weighted by atomic mass is 9.97. The molecule has 1 saturated carbocycles. The minimum atomic E-state index is -0.197. The van der Waals surface area contributed by atoms with E-state index in [-0.39, 0.29) is 5.97 Å². The Balaban J connectivity index is 1.54. The van der Waals surface area contributed by atoms with Crippen molar-refractivity contribution in [2.24, 2.45) is 11.8 Å². The van der Waals surface area contributed by atoms with Gasteiger partial charge in [0.25, 0.3) is 0 Å². The summed E-state index contributed by atoms with van der Waals surface area (Å²) in [5, 5.41) is 2.11. The molecule has 0 amide bonds. The predicted molar refractivity (Wildman–Crippen MR) is 113 cm³/mol. The molecule has 1 fully saturated rings. The highest BCUT2D eigenvalue weighted by Gasteiger charge is 2.18. The topological polar surface area (TPSA) is 29.5 Å². The van der Waals surface area contributed by atoms with Gasteiger partial charge in [-0.1, -0.05) is 50.0 Å². The van der Waals surface area contributed by atoms with Gasteiger partial charge in [0.1, 0.15) is 6.61 Å². The molecule has 0 N–H and O–H groups in total. The van der Waals surface area contributed by atoms with Crippen LogP contribution < -0.4 is 0 Å². The van der Waals surface area contributed by atoms with Gasteiger partial charge in [-0.05, 0) is 48.3 Å². The number of hydrogen-bond donors (Lipinski definition) is 0. The number of carbonyl (C=O) groups excluding carboxylic acids is 1. The molecule has 1 atom stereocenters. The first-order valence-electron chi connectivity index (χ1n) is 10.2. The van der Waals surface area contributed by atoms with Crippen molar-refractivity contribution < 1.29 is 9.53 Å². The minimum Gasteiger partial charge on any atom is -0.464 e. The number of nitrogens with zero attached hydrogens (tertiary/aromatic N) is 1. The van der Waals surface area contributed by atoms with Crippen LogP contribution in [0.1, 0.15) is 50.3 Å². The van der Waals surface area contributed by atoms with Crippen LogP contribution in [0.5, 0.6) is 0 Å². The first kappa shape index (κ1) is 19.9. The molecule has 0 saturated heterocycles. The highest BCUT2D eigenvalue weighted by Crippen LogP contribution is 2.29. The largest absolute Gasteiger partial charge is 0.464 e. The Morgan fingerprint density at radius 3 is 2.85 bits per heavy atom. The summed E-state index contributed by atoms with van der Waals surface area (Å²) in [4.78, 5) is 14.8. The van der Waals surface area contributed by atoms with Gasteiger partial charge in [0.05, 0.1) is 6.54 Å². The molecule has 3 rings (SSSR count). The molecular weight excluding hydrogens is 354 g/mol. The Hall–Kier alpha value is -1.81. The van der Waals surface area contributed by atoms with Gasteiger partial charge in [0, 0.05) is 24.0 Å². The van der Waals surface area contributed by atoms with Crippen molar-refractivity contribution in [3.8, 4) is 0 Å². The maximum Gasteiger partial charge on any atom is 0.302 e. The maximum absolute atomic E-state index is 11.1. The van der Waals surface area contributed by atoms with Crippen LogP contribution in [0.15, 0.2) is 47.5 Å². The number of rotatable bonds is 9. The smallest absolute Gasteiger partial charge is 0.302 e. The van der Waals surface area contributed by atoms with Crippen LogP contribution in [0.25, 0.3) is 6.08 Å². The molecule has 0 bridgehead atoms. The number of ether oxygens (including phenoxy) is 1. The molecule has 146 valence electrons. The summed E-state index contributed by atoms with van der Waals surface area (Å²) in [5.74, 6) is 1.13. The van der Waals surface area contributed by atoms with E-state index >= 15 is 0 Å². The van der Waals surface area contributed by atoms with E-state index in [0.717, 1.165) is 25.4 Å². The second kappa shape index (κ2) is 10.5. The summed E-state index contributed by atoms with van der Waals surface area (Å²) in [5.41, 5.74) is 1.28. The van der Waals surface area contributed by atoms with Crippen molar-refractivity contribution in [2.75, 3.05) is 19.7 Å². The monoisotopic (exact) mass is 385 g/mol. The molecule has 2 aliphatic rings. The molecule has 3 nitrogen and oxygen atoms in total. The zero-order valence-electron chi connectivity index (χ0n) is 16.3. The van der Waals surface area contributed by atoms with Crippen molar-refractivity contribution in [1.29, 1.82) is 0 Å². The molecule has 0 aromatic carbocycles. The summed E-state index contributed by atoms with van der Waals surface area (Å²) in [6.45, 7) is 3.77. The van der Waals surface area contributed by atoms with Crippen molar-refractivity contribution in [3.63, 3.8) is 0 Å². The summed E-state index contributed by atoms with van der Waals surface area (Å²) >= 11 is 1.77. The fourth-order valence-corrected chi connectivity index (χ4v) is 4.54. The van der Waals surface area contributed by atoms with Gasteiger partial charge in [-0.3, -0.25) is 4.79 Å². The lowest BCUT2D eigenvalue weighted by Crippen LogP contribution is -2.29. The minimum absolute atomic E-state index is 0.197. The molecular formula is C23H31NO2S. The second-order valence-electron chi connectivity index (χ2n) is 7.53. The molecule has 1 aromatic rings. The van der Waals surface area contributed by atoms with Crippen molar-refractivity contribution >= 4 is 23.4 Å². The zero-order chi connectivity index (χ0) is 18.9. The lowest BCUT2D eigenvalue weighted by molar-refractivity contribution is -0.141. The van der Waals surface area contributed by atoms with Crippen LogP contribution in [0.4, 0.5) is 0 Å². The van der Waals surface area contributed by atoms with E-state index < -0.39 is 0 Å². The highest BCUT2D eigenvalue weighted by atomic mass is 32.1. The van der Waals surface area contributed by atoms with Gasteiger partial charge >= 0.3 is 5.97 Å². The summed E-state index contributed by atoms with van der Waals surface area (Å²) < 4.78 is 5.19. The number of thiophene rings is 1. The van der Waals surface area contributed by atoms with Crippen LogP contribution in [0.2, 0.25) is 0 Å². The number of hydrogen-bond acceptors (Lipinski definition) is 4. The molecule has 0 spiro atoms. The Morgan fingerprint density at radius 2 is 2.19 bits per heavy atom. The van der Waals surface area contributed by atoms with E-state index in [0.29, 0.717) is 12.5 Å². The van der Waals surface area contributed by atoms with Crippen LogP contribution >= 0.6 is 11.3 Å². The Kier molecular flexibility index (Phi) is 7.76. The fourth-order valence-electron chi connectivity index (χ4n) is 3.91. The molecule has 27 heavy (non-hydrogen) atoms. The van der Waals surface area contributed by atoms with Crippen molar-refractivity contribution in [1.82, 2.24) is 4.90 Å². The van der Waals surface area contributed by atoms with Crippen molar-refractivity contribution in [3.05, 3.63) is 52.4 Å². The number of esters is 1. The lowest BCUT2D eigenvalue weighted by Gasteiger charge is -2.29. The van der Waals surface area contributed by atoms with Gasteiger partial charge < -0.3 is 9.64 Å².